The number of aromatic nitrogens is 1. The highest BCUT2D eigenvalue weighted by atomic mass is 35.5. The maximum absolute atomic E-state index is 12.5. The van der Waals surface area contributed by atoms with E-state index in [0.29, 0.717) is 70.1 Å². The molecule has 222 valence electrons. The summed E-state index contributed by atoms with van der Waals surface area (Å²) in [6, 6.07) is 13.6. The number of benzene rings is 2. The second-order valence-electron chi connectivity index (χ2n) is 11.2. The number of carbonyl (C=O) groups excluding carboxylic acids is 2. The maximum Gasteiger partial charge on any atom is 0.302 e. The second kappa shape index (κ2) is 12.9. The first-order chi connectivity index (χ1) is 20.4. The van der Waals surface area contributed by atoms with Gasteiger partial charge in [0, 0.05) is 59.5 Å². The monoisotopic (exact) mass is 629 g/mol. The Morgan fingerprint density at radius 1 is 1.12 bits per heavy atom. The molecule has 2 aliphatic carbocycles. The van der Waals surface area contributed by atoms with Crippen molar-refractivity contribution in [2.24, 2.45) is 5.92 Å². The van der Waals surface area contributed by atoms with Crippen LogP contribution in [0.1, 0.15) is 66.6 Å². The van der Waals surface area contributed by atoms with Crippen LogP contribution in [0.3, 0.4) is 0 Å². The molecule has 1 aromatic heterocycles. The van der Waals surface area contributed by atoms with E-state index < -0.39 is 0 Å². The van der Waals surface area contributed by atoms with Crippen LogP contribution >= 0.6 is 35.1 Å². The lowest BCUT2D eigenvalue weighted by molar-refractivity contribution is -0.140. The number of nitrogens with one attached hydrogen (secondary N) is 1. The summed E-state index contributed by atoms with van der Waals surface area (Å²) in [5.41, 5.74) is 4.08. The Morgan fingerprint density at radius 3 is 2.55 bits per heavy atom. The Labute approximate surface area is 259 Å². The van der Waals surface area contributed by atoms with Gasteiger partial charge in [0.25, 0.3) is 5.91 Å². The molecule has 6 rings (SSSR count). The molecule has 3 aliphatic rings. The molecule has 11 heteroatoms. The zero-order valence-corrected chi connectivity index (χ0v) is 25.6. The standard InChI is InChI=1S/C31H33Cl2N3O5S/c1-18(37)39-12-3-13-42-35-31(38)20-8-10-22(11-9-20)36-16-21-14-23(36)15-27(21)40-17-24-29(34-41-30(24)19-6-7-19)28-25(32)4-2-5-26(28)33/h2,4-5,8-11,19,21,23,27H,3,6-7,12-17H2,1H3,(H,35,38). The van der Waals surface area contributed by atoms with Crippen LogP contribution in [0.25, 0.3) is 11.3 Å². The van der Waals surface area contributed by atoms with Crippen LogP contribution < -0.4 is 9.62 Å². The van der Waals surface area contributed by atoms with E-state index >= 15 is 0 Å². The normalized spacial score (nSPS) is 21.1. The van der Waals surface area contributed by atoms with E-state index in [2.05, 4.69) is 14.8 Å². The van der Waals surface area contributed by atoms with Crippen molar-refractivity contribution in [1.29, 1.82) is 0 Å². The SMILES string of the molecule is CC(=O)OCCCSNC(=O)c1ccc(N2CC3CC2CC3OCc2c(-c3c(Cl)cccc3Cl)noc2C2CC2)cc1. The largest absolute Gasteiger partial charge is 0.466 e. The van der Waals surface area contributed by atoms with Gasteiger partial charge in [-0.25, -0.2) is 0 Å². The Hall–Kier alpha value is -2.72. The molecule has 1 amide bonds. The average molecular weight is 631 g/mol. The maximum atomic E-state index is 12.5. The quantitative estimate of drug-likeness (QED) is 0.129. The van der Waals surface area contributed by atoms with E-state index in [4.69, 9.17) is 37.2 Å². The number of rotatable bonds is 12. The molecule has 1 N–H and O–H groups in total. The van der Waals surface area contributed by atoms with Crippen molar-refractivity contribution in [1.82, 2.24) is 9.88 Å². The molecule has 2 saturated carbocycles. The van der Waals surface area contributed by atoms with Crippen LogP contribution in [-0.2, 0) is 20.9 Å². The fourth-order valence-electron chi connectivity index (χ4n) is 5.99. The first kappa shape index (κ1) is 29.4. The summed E-state index contributed by atoms with van der Waals surface area (Å²) in [6.45, 7) is 3.09. The third kappa shape index (κ3) is 6.44. The minimum absolute atomic E-state index is 0.132. The number of halogens is 2. The van der Waals surface area contributed by atoms with E-state index in [1.54, 1.807) is 0 Å². The van der Waals surface area contributed by atoms with Crippen molar-refractivity contribution in [3.05, 3.63) is 69.4 Å². The van der Waals surface area contributed by atoms with Gasteiger partial charge < -0.3 is 18.9 Å². The number of ether oxygens (including phenoxy) is 2. The highest BCUT2D eigenvalue weighted by Crippen LogP contribution is 2.47. The van der Waals surface area contributed by atoms with Crippen molar-refractivity contribution in [3.8, 4) is 11.3 Å². The highest BCUT2D eigenvalue weighted by Gasteiger charge is 2.45. The lowest BCUT2D eigenvalue weighted by Crippen LogP contribution is -2.38. The molecule has 1 saturated heterocycles. The van der Waals surface area contributed by atoms with E-state index in [0.717, 1.165) is 49.2 Å². The van der Waals surface area contributed by atoms with E-state index in [1.165, 1.54) is 18.9 Å². The van der Waals surface area contributed by atoms with Crippen LogP contribution in [0.4, 0.5) is 5.69 Å². The summed E-state index contributed by atoms with van der Waals surface area (Å²) in [6.07, 6.45) is 5.06. The van der Waals surface area contributed by atoms with Crippen LogP contribution in [0.15, 0.2) is 47.0 Å². The highest BCUT2D eigenvalue weighted by molar-refractivity contribution is 7.97. The van der Waals surface area contributed by atoms with Gasteiger partial charge in [0.2, 0.25) is 0 Å². The van der Waals surface area contributed by atoms with Gasteiger partial charge in [-0.2, -0.15) is 0 Å². The molecule has 2 aromatic carbocycles. The Morgan fingerprint density at radius 2 is 1.88 bits per heavy atom. The number of piperidine rings is 1. The molecule has 42 heavy (non-hydrogen) atoms. The number of amides is 1. The summed E-state index contributed by atoms with van der Waals surface area (Å²) < 4.78 is 20.1. The van der Waals surface area contributed by atoms with Gasteiger partial charge in [0.05, 0.1) is 29.4 Å². The molecular weight excluding hydrogens is 597 g/mol. The molecule has 8 nitrogen and oxygen atoms in total. The van der Waals surface area contributed by atoms with Gasteiger partial charge in [-0.3, -0.25) is 14.3 Å². The average Bonchev–Trinajstić information content (AvgIpc) is 3.43. The summed E-state index contributed by atoms with van der Waals surface area (Å²) >= 11 is 14.4. The summed E-state index contributed by atoms with van der Waals surface area (Å²) in [5.74, 6) is 1.96. The third-order valence-corrected chi connectivity index (χ3v) is 9.66. The number of hydrogen-bond acceptors (Lipinski definition) is 8. The van der Waals surface area contributed by atoms with Gasteiger partial charge in [-0.15, -0.1) is 0 Å². The van der Waals surface area contributed by atoms with Gasteiger partial charge in [-0.1, -0.05) is 46.4 Å². The van der Waals surface area contributed by atoms with Crippen LogP contribution in [0.2, 0.25) is 10.0 Å². The Bertz CT molecular complexity index is 1420. The van der Waals surface area contributed by atoms with Gasteiger partial charge in [-0.05, 0) is 68.5 Å². The molecule has 3 aromatic rings. The topological polar surface area (TPSA) is 93.9 Å². The molecule has 3 fully saturated rings. The van der Waals surface area contributed by atoms with Crippen molar-refractivity contribution < 1.29 is 23.6 Å². The van der Waals surface area contributed by atoms with E-state index in [9.17, 15) is 9.59 Å². The summed E-state index contributed by atoms with van der Waals surface area (Å²) in [5, 5.41) is 5.49. The number of hydrogen-bond donors (Lipinski definition) is 1. The Kier molecular flexibility index (Phi) is 9.00. The predicted molar refractivity (Wildman–Crippen MR) is 164 cm³/mol. The molecule has 1 aliphatic heterocycles. The van der Waals surface area contributed by atoms with Gasteiger partial charge >= 0.3 is 5.97 Å². The zero-order valence-electron chi connectivity index (χ0n) is 23.3. The Balaban J connectivity index is 1.03. The number of fused-ring (bicyclic) bond motifs is 2. The first-order valence-corrected chi connectivity index (χ1v) is 16.1. The number of carbonyl (C=O) groups is 2. The third-order valence-electron chi connectivity index (χ3n) is 8.21. The zero-order chi connectivity index (χ0) is 29.2. The lowest BCUT2D eigenvalue weighted by Gasteiger charge is -2.33. The fraction of sp³-hybridized carbons (Fsp3) is 0.452. The molecule has 0 spiro atoms. The van der Waals surface area contributed by atoms with Crippen LogP contribution in [-0.4, -0.2) is 48.1 Å². The summed E-state index contributed by atoms with van der Waals surface area (Å²) in [7, 11) is 0. The van der Waals surface area contributed by atoms with Crippen molar-refractivity contribution >= 4 is 52.7 Å². The number of anilines is 1. The summed E-state index contributed by atoms with van der Waals surface area (Å²) in [4.78, 5) is 25.7. The van der Waals surface area contributed by atoms with E-state index in [-0.39, 0.29) is 18.0 Å². The predicted octanol–water partition coefficient (Wildman–Crippen LogP) is 7.04. The second-order valence-corrected chi connectivity index (χ2v) is 12.9. The molecule has 0 radical (unpaired) electrons. The van der Waals surface area contributed by atoms with Crippen molar-refractivity contribution in [2.75, 3.05) is 23.8 Å². The molecule has 2 bridgehead atoms. The smallest absolute Gasteiger partial charge is 0.302 e. The minimum atomic E-state index is -0.290. The van der Waals surface area contributed by atoms with Gasteiger partial charge in [0.1, 0.15) is 11.5 Å². The first-order valence-electron chi connectivity index (χ1n) is 14.4. The fourth-order valence-corrected chi connectivity index (χ4v) is 7.18. The molecule has 3 unspecified atom stereocenters. The number of esters is 1. The van der Waals surface area contributed by atoms with Gasteiger partial charge in [0.15, 0.2) is 0 Å². The lowest BCUT2D eigenvalue weighted by atomic mass is 10.0. The van der Waals surface area contributed by atoms with Crippen LogP contribution in [0.5, 0.6) is 0 Å². The van der Waals surface area contributed by atoms with E-state index in [1.807, 2.05) is 42.5 Å². The van der Waals surface area contributed by atoms with Crippen LogP contribution in [0, 0.1) is 5.92 Å². The number of nitrogens with zero attached hydrogens (tertiary/aromatic N) is 2. The van der Waals surface area contributed by atoms with Crippen molar-refractivity contribution in [2.45, 2.75) is 63.7 Å². The molecule has 3 atom stereocenters. The van der Waals surface area contributed by atoms with Crippen molar-refractivity contribution in [3.63, 3.8) is 0 Å². The molecule has 2 heterocycles. The minimum Gasteiger partial charge on any atom is -0.466 e. The molecular formula is C31H33Cl2N3O5S.